The number of alkyl halides is 3. The highest BCUT2D eigenvalue weighted by Crippen LogP contribution is 2.46. The van der Waals surface area contributed by atoms with Crippen molar-refractivity contribution in [1.29, 1.82) is 0 Å². The molecule has 1 aromatic heterocycles. The second-order valence-corrected chi connectivity index (χ2v) is 9.42. The number of anilines is 2. The van der Waals surface area contributed by atoms with Crippen molar-refractivity contribution in [3.63, 3.8) is 0 Å². The van der Waals surface area contributed by atoms with Crippen LogP contribution in [0.2, 0.25) is 0 Å². The number of hydrogen-bond donors (Lipinski definition) is 1. The third-order valence-corrected chi connectivity index (χ3v) is 5.97. The fourth-order valence-corrected chi connectivity index (χ4v) is 5.02. The fourth-order valence-electron chi connectivity index (χ4n) is 5.02. The first-order chi connectivity index (χ1) is 15.0. The summed E-state index contributed by atoms with van der Waals surface area (Å²) in [5.41, 5.74) is 2.64. The molecule has 32 heavy (non-hydrogen) atoms. The van der Waals surface area contributed by atoms with Gasteiger partial charge < -0.3 is 19.4 Å². The summed E-state index contributed by atoms with van der Waals surface area (Å²) in [6, 6.07) is 11.7. The minimum absolute atomic E-state index is 0.200. The molecule has 1 heterocycles. The molecule has 1 aliphatic rings. The van der Waals surface area contributed by atoms with Gasteiger partial charge in [-0.05, 0) is 67.0 Å². The van der Waals surface area contributed by atoms with Crippen molar-refractivity contribution in [2.24, 2.45) is 11.3 Å². The zero-order valence-corrected chi connectivity index (χ0v) is 18.7. The van der Waals surface area contributed by atoms with Crippen LogP contribution in [-0.4, -0.2) is 23.0 Å². The average molecular weight is 448 g/mol. The molecule has 8 heteroatoms. The SMILES string of the molecule is COc1ccc2nc(Nc3ccc(OC(F)(F)F)cc3)n(C3CC(C)CC(C)(C)C3)c2c1. The smallest absolute Gasteiger partial charge is 0.497 e. The molecule has 1 aliphatic carbocycles. The van der Waals surface area contributed by atoms with Crippen LogP contribution in [0.4, 0.5) is 24.8 Å². The molecule has 4 rings (SSSR count). The Hall–Kier alpha value is -2.90. The van der Waals surface area contributed by atoms with E-state index in [1.54, 1.807) is 19.2 Å². The van der Waals surface area contributed by atoms with E-state index in [2.05, 4.69) is 35.4 Å². The number of rotatable bonds is 5. The molecule has 3 aromatic rings. The molecule has 0 aliphatic heterocycles. The number of nitrogens with zero attached hydrogens (tertiary/aromatic N) is 2. The number of aromatic nitrogens is 2. The lowest BCUT2D eigenvalue weighted by atomic mass is 9.70. The van der Waals surface area contributed by atoms with Crippen LogP contribution >= 0.6 is 0 Å². The molecule has 0 radical (unpaired) electrons. The van der Waals surface area contributed by atoms with Crippen LogP contribution in [0, 0.1) is 11.3 Å². The summed E-state index contributed by atoms with van der Waals surface area (Å²) < 4.78 is 49.0. The first kappa shape index (κ1) is 22.3. The van der Waals surface area contributed by atoms with Crippen LogP contribution in [0.25, 0.3) is 11.0 Å². The largest absolute Gasteiger partial charge is 0.573 e. The molecular weight excluding hydrogens is 419 g/mol. The lowest BCUT2D eigenvalue weighted by Crippen LogP contribution is -2.29. The van der Waals surface area contributed by atoms with Gasteiger partial charge in [-0.3, -0.25) is 0 Å². The second kappa shape index (κ2) is 8.22. The first-order valence-electron chi connectivity index (χ1n) is 10.7. The number of hydrogen-bond acceptors (Lipinski definition) is 4. The summed E-state index contributed by atoms with van der Waals surface area (Å²) in [7, 11) is 1.64. The van der Waals surface area contributed by atoms with Crippen molar-refractivity contribution in [1.82, 2.24) is 9.55 Å². The van der Waals surface area contributed by atoms with Crippen molar-refractivity contribution in [3.05, 3.63) is 42.5 Å². The molecule has 5 nitrogen and oxygen atoms in total. The zero-order valence-electron chi connectivity index (χ0n) is 18.7. The van der Waals surface area contributed by atoms with Crippen molar-refractivity contribution < 1.29 is 22.6 Å². The first-order valence-corrected chi connectivity index (χ1v) is 10.7. The van der Waals surface area contributed by atoms with E-state index in [1.165, 1.54) is 18.6 Å². The lowest BCUT2D eigenvalue weighted by Gasteiger charge is -2.40. The van der Waals surface area contributed by atoms with Gasteiger partial charge in [-0.2, -0.15) is 0 Å². The van der Waals surface area contributed by atoms with Crippen LogP contribution in [0.1, 0.15) is 46.1 Å². The predicted molar refractivity (Wildman–Crippen MR) is 119 cm³/mol. The van der Waals surface area contributed by atoms with E-state index >= 15 is 0 Å². The molecular formula is C24H28F3N3O2. The Bertz CT molecular complexity index is 1090. The summed E-state index contributed by atoms with van der Waals surface area (Å²) in [4.78, 5) is 4.80. The van der Waals surface area contributed by atoms with Gasteiger partial charge in [0.05, 0.1) is 18.1 Å². The van der Waals surface area contributed by atoms with Crippen molar-refractivity contribution >= 4 is 22.7 Å². The Morgan fingerprint density at radius 2 is 1.75 bits per heavy atom. The van der Waals surface area contributed by atoms with Gasteiger partial charge in [0.2, 0.25) is 5.95 Å². The summed E-state index contributed by atoms with van der Waals surface area (Å²) in [5, 5.41) is 3.30. The van der Waals surface area contributed by atoms with Gasteiger partial charge in [0.25, 0.3) is 0 Å². The molecule has 0 amide bonds. The van der Waals surface area contributed by atoms with Gasteiger partial charge in [0.15, 0.2) is 0 Å². The molecule has 172 valence electrons. The molecule has 2 atom stereocenters. The quantitative estimate of drug-likeness (QED) is 0.454. The summed E-state index contributed by atoms with van der Waals surface area (Å²) in [6.07, 6.45) is -1.51. The number of fused-ring (bicyclic) bond motifs is 1. The Labute approximate surface area is 185 Å². The van der Waals surface area contributed by atoms with E-state index in [-0.39, 0.29) is 17.2 Å². The van der Waals surface area contributed by atoms with Crippen molar-refractivity contribution in [2.45, 2.75) is 52.4 Å². The van der Waals surface area contributed by atoms with Crippen LogP contribution in [0.5, 0.6) is 11.5 Å². The number of imidazole rings is 1. The molecule has 0 saturated heterocycles. The van der Waals surface area contributed by atoms with Gasteiger partial charge in [0.1, 0.15) is 11.5 Å². The normalized spacial score (nSPS) is 20.8. The molecule has 1 N–H and O–H groups in total. The topological polar surface area (TPSA) is 48.3 Å². The van der Waals surface area contributed by atoms with E-state index < -0.39 is 6.36 Å². The second-order valence-electron chi connectivity index (χ2n) is 9.42. The molecule has 2 aromatic carbocycles. The average Bonchev–Trinajstić information content (AvgIpc) is 3.03. The Morgan fingerprint density at radius 3 is 2.38 bits per heavy atom. The van der Waals surface area contributed by atoms with E-state index in [1.807, 2.05) is 18.2 Å². The summed E-state index contributed by atoms with van der Waals surface area (Å²) in [6.45, 7) is 6.86. The van der Waals surface area contributed by atoms with Crippen LogP contribution in [0.3, 0.4) is 0 Å². The monoisotopic (exact) mass is 447 g/mol. The van der Waals surface area contributed by atoms with Crippen molar-refractivity contribution in [3.8, 4) is 11.5 Å². The van der Waals surface area contributed by atoms with Gasteiger partial charge in [-0.25, -0.2) is 4.98 Å². The molecule has 2 unspecified atom stereocenters. The number of halogens is 3. The van der Waals surface area contributed by atoms with Crippen molar-refractivity contribution in [2.75, 3.05) is 12.4 Å². The maximum absolute atomic E-state index is 12.5. The third kappa shape index (κ3) is 4.95. The van der Waals surface area contributed by atoms with E-state index in [0.29, 0.717) is 17.6 Å². The summed E-state index contributed by atoms with van der Waals surface area (Å²) in [5.74, 6) is 1.72. The Kier molecular flexibility index (Phi) is 5.73. The highest BCUT2D eigenvalue weighted by Gasteiger charge is 2.35. The molecule has 0 spiro atoms. The van der Waals surface area contributed by atoms with E-state index in [4.69, 9.17) is 9.72 Å². The highest BCUT2D eigenvalue weighted by molar-refractivity contribution is 5.81. The minimum atomic E-state index is -4.72. The van der Waals surface area contributed by atoms with Gasteiger partial charge in [-0.15, -0.1) is 13.2 Å². The zero-order chi connectivity index (χ0) is 23.1. The Morgan fingerprint density at radius 1 is 1.06 bits per heavy atom. The molecule has 0 bridgehead atoms. The number of benzene rings is 2. The highest BCUT2D eigenvalue weighted by atomic mass is 19.4. The van der Waals surface area contributed by atoms with Crippen LogP contribution in [0.15, 0.2) is 42.5 Å². The van der Waals surface area contributed by atoms with E-state index in [0.717, 1.165) is 29.6 Å². The third-order valence-electron chi connectivity index (χ3n) is 5.97. The maximum atomic E-state index is 12.5. The van der Waals surface area contributed by atoms with Gasteiger partial charge in [-0.1, -0.05) is 20.8 Å². The standard InChI is InChI=1S/C24H28F3N3O2/c1-15-11-17(14-23(2,3)13-15)30-21-12-19(31-4)9-10-20(21)29-22(30)28-16-5-7-18(8-6-16)32-24(25,26)27/h5-10,12,15,17H,11,13-14H2,1-4H3,(H,28,29). The number of nitrogens with one attached hydrogen (secondary N) is 1. The minimum Gasteiger partial charge on any atom is -0.497 e. The van der Waals surface area contributed by atoms with Gasteiger partial charge in [0, 0.05) is 17.8 Å². The maximum Gasteiger partial charge on any atom is 0.573 e. The Balaban J connectivity index is 1.71. The van der Waals surface area contributed by atoms with Crippen LogP contribution < -0.4 is 14.8 Å². The van der Waals surface area contributed by atoms with E-state index in [9.17, 15) is 13.2 Å². The fraction of sp³-hybridized carbons (Fsp3) is 0.458. The summed E-state index contributed by atoms with van der Waals surface area (Å²) >= 11 is 0. The molecule has 1 saturated carbocycles. The van der Waals surface area contributed by atoms with Gasteiger partial charge >= 0.3 is 6.36 Å². The molecule has 1 fully saturated rings. The van der Waals surface area contributed by atoms with Crippen LogP contribution in [-0.2, 0) is 0 Å². The lowest BCUT2D eigenvalue weighted by molar-refractivity contribution is -0.274. The predicted octanol–water partition coefficient (Wildman–Crippen LogP) is 7.07. The number of ether oxygens (including phenoxy) is 2. The number of methoxy groups -OCH3 is 1.